The Hall–Kier alpha value is -1.20. The molecule has 0 unspecified atom stereocenters. The maximum atomic E-state index is 5.55. The van der Waals surface area contributed by atoms with Gasteiger partial charge in [0.25, 0.3) is 0 Å². The highest BCUT2D eigenvalue weighted by molar-refractivity contribution is 7.80. The summed E-state index contributed by atoms with van der Waals surface area (Å²) in [5.74, 6) is 0.775. The number of likely N-dealkylation sites (tertiary alicyclic amines) is 1. The number of nitrogens with two attached hydrogens (primary N) is 1. The molecule has 1 fully saturated rings. The van der Waals surface area contributed by atoms with Crippen LogP contribution in [0.2, 0.25) is 0 Å². The van der Waals surface area contributed by atoms with Gasteiger partial charge in [-0.25, -0.2) is 0 Å². The van der Waals surface area contributed by atoms with Gasteiger partial charge in [0, 0.05) is 13.6 Å². The second-order valence-electron chi connectivity index (χ2n) is 5.39. The first-order valence-electron chi connectivity index (χ1n) is 6.72. The lowest BCUT2D eigenvalue weighted by Crippen LogP contribution is -2.35. The number of pyridine rings is 1. The highest BCUT2D eigenvalue weighted by Crippen LogP contribution is 2.20. The van der Waals surface area contributed by atoms with Crippen LogP contribution in [0.25, 0.3) is 0 Å². The molecule has 0 saturated carbocycles. The van der Waals surface area contributed by atoms with E-state index in [0.29, 0.717) is 10.7 Å². The van der Waals surface area contributed by atoms with Crippen molar-refractivity contribution in [3.63, 3.8) is 0 Å². The molecule has 0 spiro atoms. The number of thiocarbonyl (C=S) groups is 1. The summed E-state index contributed by atoms with van der Waals surface area (Å²) in [5.41, 5.74) is 7.36. The molecule has 2 N–H and O–H groups in total. The second-order valence-corrected chi connectivity index (χ2v) is 5.83. The van der Waals surface area contributed by atoms with Gasteiger partial charge in [-0.3, -0.25) is 4.98 Å². The molecule has 1 aliphatic rings. The molecule has 0 bridgehead atoms. The van der Waals surface area contributed by atoms with Crippen LogP contribution < -0.4 is 10.6 Å². The molecule has 19 heavy (non-hydrogen) atoms. The maximum Gasteiger partial charge on any atom is 0.122 e. The Labute approximate surface area is 120 Å². The van der Waals surface area contributed by atoms with E-state index in [-0.39, 0.29) is 0 Å². The Balaban J connectivity index is 1.92. The van der Waals surface area contributed by atoms with Gasteiger partial charge < -0.3 is 15.5 Å². The molecule has 0 aliphatic carbocycles. The summed E-state index contributed by atoms with van der Waals surface area (Å²) < 4.78 is 0. The number of hydrogen-bond acceptors (Lipinski definition) is 4. The molecule has 1 aliphatic heterocycles. The maximum absolute atomic E-state index is 5.55. The van der Waals surface area contributed by atoms with Crippen LogP contribution in [-0.4, -0.2) is 48.6 Å². The number of aromatic nitrogens is 1. The standard InChI is InChI=1S/C14H22N4S/c1-17-7-5-11(6-8-17)10-18(2)12-3-4-13(14(15)19)16-9-12/h3-4,9,11H,5-8,10H2,1-2H3,(H2,15,19). The largest absolute Gasteiger partial charge is 0.388 e. The molecule has 1 saturated heterocycles. The second kappa shape index (κ2) is 6.30. The predicted molar refractivity (Wildman–Crippen MR) is 83.6 cm³/mol. The van der Waals surface area contributed by atoms with Gasteiger partial charge in [0.05, 0.1) is 17.6 Å². The van der Waals surface area contributed by atoms with Crippen LogP contribution in [0.3, 0.4) is 0 Å². The topological polar surface area (TPSA) is 45.4 Å². The third-order valence-electron chi connectivity index (χ3n) is 3.81. The first-order chi connectivity index (χ1) is 9.06. The number of rotatable bonds is 4. The molecule has 5 heteroatoms. The van der Waals surface area contributed by atoms with Gasteiger partial charge in [-0.15, -0.1) is 0 Å². The van der Waals surface area contributed by atoms with E-state index in [1.165, 1.54) is 25.9 Å². The first-order valence-corrected chi connectivity index (χ1v) is 7.12. The highest BCUT2D eigenvalue weighted by Gasteiger charge is 2.18. The van der Waals surface area contributed by atoms with Gasteiger partial charge in [0.15, 0.2) is 0 Å². The molecule has 104 valence electrons. The Kier molecular flexibility index (Phi) is 4.71. The van der Waals surface area contributed by atoms with Crippen molar-refractivity contribution in [2.24, 2.45) is 11.7 Å². The average molecular weight is 278 g/mol. The number of anilines is 1. The average Bonchev–Trinajstić information content (AvgIpc) is 2.41. The zero-order valence-electron chi connectivity index (χ0n) is 11.7. The molecule has 0 aromatic carbocycles. The minimum atomic E-state index is 0.351. The molecule has 0 atom stereocenters. The number of nitrogens with zero attached hydrogens (tertiary/aromatic N) is 3. The molecule has 2 rings (SSSR count). The fraction of sp³-hybridized carbons (Fsp3) is 0.571. The smallest absolute Gasteiger partial charge is 0.122 e. The summed E-state index contributed by atoms with van der Waals surface area (Å²) >= 11 is 4.91. The molecule has 2 heterocycles. The molecular formula is C14H22N4S. The summed E-state index contributed by atoms with van der Waals surface area (Å²) in [7, 11) is 4.31. The molecule has 1 aromatic rings. The van der Waals surface area contributed by atoms with Crippen LogP contribution in [0.1, 0.15) is 18.5 Å². The number of piperidine rings is 1. The van der Waals surface area contributed by atoms with Crippen molar-refractivity contribution in [1.29, 1.82) is 0 Å². The lowest BCUT2D eigenvalue weighted by Gasteiger charge is -2.32. The summed E-state index contributed by atoms with van der Waals surface area (Å²) in [6, 6.07) is 3.93. The zero-order chi connectivity index (χ0) is 13.8. The lowest BCUT2D eigenvalue weighted by molar-refractivity contribution is 0.222. The fourth-order valence-electron chi connectivity index (χ4n) is 2.49. The van der Waals surface area contributed by atoms with E-state index in [1.54, 1.807) is 0 Å². The molecule has 0 radical (unpaired) electrons. The Morgan fingerprint density at radius 3 is 2.68 bits per heavy atom. The van der Waals surface area contributed by atoms with Gasteiger partial charge >= 0.3 is 0 Å². The van der Waals surface area contributed by atoms with Crippen LogP contribution in [0.5, 0.6) is 0 Å². The van der Waals surface area contributed by atoms with Gasteiger partial charge in [-0.05, 0) is 51.0 Å². The molecule has 4 nitrogen and oxygen atoms in total. The summed E-state index contributed by atoms with van der Waals surface area (Å²) in [6.45, 7) is 3.50. The van der Waals surface area contributed by atoms with Crippen molar-refractivity contribution in [3.8, 4) is 0 Å². The van der Waals surface area contributed by atoms with E-state index in [2.05, 4.69) is 28.9 Å². The van der Waals surface area contributed by atoms with Gasteiger partial charge in [-0.1, -0.05) is 12.2 Å². The van der Waals surface area contributed by atoms with Gasteiger partial charge in [0.2, 0.25) is 0 Å². The van der Waals surface area contributed by atoms with Crippen molar-refractivity contribution in [2.75, 3.05) is 38.6 Å². The fourth-order valence-corrected chi connectivity index (χ4v) is 2.62. The van der Waals surface area contributed by atoms with Crippen molar-refractivity contribution < 1.29 is 0 Å². The lowest BCUT2D eigenvalue weighted by atomic mass is 9.96. The normalized spacial score (nSPS) is 17.4. The van der Waals surface area contributed by atoms with Crippen LogP contribution in [0, 0.1) is 5.92 Å². The quantitative estimate of drug-likeness (QED) is 0.846. The van der Waals surface area contributed by atoms with E-state index in [9.17, 15) is 0 Å². The zero-order valence-corrected chi connectivity index (χ0v) is 12.5. The predicted octanol–water partition coefficient (Wildman–Crippen LogP) is 1.49. The molecule has 0 amide bonds. The Bertz CT molecular complexity index is 424. The van der Waals surface area contributed by atoms with Crippen molar-refractivity contribution in [2.45, 2.75) is 12.8 Å². The number of hydrogen-bond donors (Lipinski definition) is 1. The first kappa shape index (κ1) is 14.2. The van der Waals surface area contributed by atoms with Crippen LogP contribution >= 0.6 is 12.2 Å². The summed E-state index contributed by atoms with van der Waals surface area (Å²) in [6.07, 6.45) is 4.40. The van der Waals surface area contributed by atoms with Crippen LogP contribution in [0.4, 0.5) is 5.69 Å². The SMILES string of the molecule is CN1CCC(CN(C)c2ccc(C(N)=S)nc2)CC1. The van der Waals surface area contributed by atoms with E-state index in [1.807, 2.05) is 18.3 Å². The van der Waals surface area contributed by atoms with E-state index >= 15 is 0 Å². The minimum Gasteiger partial charge on any atom is -0.388 e. The summed E-state index contributed by atoms with van der Waals surface area (Å²) in [5, 5.41) is 0. The highest BCUT2D eigenvalue weighted by atomic mass is 32.1. The molecule has 1 aromatic heterocycles. The van der Waals surface area contributed by atoms with Crippen molar-refractivity contribution in [1.82, 2.24) is 9.88 Å². The van der Waals surface area contributed by atoms with Crippen molar-refractivity contribution >= 4 is 22.9 Å². The van der Waals surface area contributed by atoms with Crippen LogP contribution in [-0.2, 0) is 0 Å². The minimum absolute atomic E-state index is 0.351. The van der Waals surface area contributed by atoms with E-state index in [0.717, 1.165) is 18.2 Å². The monoisotopic (exact) mass is 278 g/mol. The Morgan fingerprint density at radius 2 is 2.16 bits per heavy atom. The molecular weight excluding hydrogens is 256 g/mol. The van der Waals surface area contributed by atoms with E-state index < -0.39 is 0 Å². The Morgan fingerprint density at radius 1 is 1.47 bits per heavy atom. The van der Waals surface area contributed by atoms with Gasteiger partial charge in [-0.2, -0.15) is 0 Å². The van der Waals surface area contributed by atoms with Gasteiger partial charge in [0.1, 0.15) is 4.99 Å². The summed E-state index contributed by atoms with van der Waals surface area (Å²) in [4.78, 5) is 9.31. The third kappa shape index (κ3) is 3.88. The van der Waals surface area contributed by atoms with Crippen molar-refractivity contribution in [3.05, 3.63) is 24.0 Å². The van der Waals surface area contributed by atoms with Crippen LogP contribution in [0.15, 0.2) is 18.3 Å². The third-order valence-corrected chi connectivity index (χ3v) is 4.02. The van der Waals surface area contributed by atoms with E-state index in [4.69, 9.17) is 18.0 Å².